The molecule has 0 amide bonds. The molecular weight excluding hydrogens is 174 g/mol. The van der Waals surface area contributed by atoms with Gasteiger partial charge in [0, 0.05) is 5.75 Å². The normalized spacial score (nSPS) is 14.6. The van der Waals surface area contributed by atoms with Gasteiger partial charge in [-0.05, 0) is 25.9 Å². The van der Waals surface area contributed by atoms with Crippen molar-refractivity contribution in [3.8, 4) is 0 Å². The predicted octanol–water partition coefficient (Wildman–Crippen LogP) is 0.667. The minimum atomic E-state index is -2.76. The fourth-order valence-corrected chi connectivity index (χ4v) is 2.03. The second kappa shape index (κ2) is 5.54. The van der Waals surface area contributed by atoms with Crippen molar-refractivity contribution in [2.75, 3.05) is 25.1 Å². The summed E-state index contributed by atoms with van der Waals surface area (Å²) in [4.78, 5) is 0. The van der Waals surface area contributed by atoms with Gasteiger partial charge >= 0.3 is 0 Å². The van der Waals surface area contributed by atoms with Crippen LogP contribution in [-0.2, 0) is 9.84 Å². The average molecular weight is 193 g/mol. The summed E-state index contributed by atoms with van der Waals surface area (Å²) in [5.41, 5.74) is 0. The lowest BCUT2D eigenvalue weighted by Crippen LogP contribution is -2.19. The summed E-state index contributed by atoms with van der Waals surface area (Å²) in [5.74, 6) is 1.03. The maximum absolute atomic E-state index is 11.1. The number of nitrogens with one attached hydrogen (secondary N) is 1. The summed E-state index contributed by atoms with van der Waals surface area (Å²) in [5, 5.41) is 3.03. The van der Waals surface area contributed by atoms with E-state index in [0.29, 0.717) is 11.7 Å². The van der Waals surface area contributed by atoms with Crippen molar-refractivity contribution in [2.45, 2.75) is 20.3 Å². The zero-order valence-corrected chi connectivity index (χ0v) is 8.95. The smallest absolute Gasteiger partial charge is 0.150 e. The Balaban J connectivity index is 3.68. The molecule has 0 bridgehead atoms. The molecule has 0 spiro atoms. The molecule has 0 aliphatic heterocycles. The summed E-state index contributed by atoms with van der Waals surface area (Å²) >= 11 is 0. The second-order valence-electron chi connectivity index (χ2n) is 3.19. The van der Waals surface area contributed by atoms with Crippen molar-refractivity contribution in [3.63, 3.8) is 0 Å². The fraction of sp³-hybridized carbons (Fsp3) is 1.00. The monoisotopic (exact) mass is 193 g/mol. The summed E-state index contributed by atoms with van der Waals surface area (Å²) in [6.07, 6.45) is 0.761. The largest absolute Gasteiger partial charge is 0.319 e. The topological polar surface area (TPSA) is 46.2 Å². The highest BCUT2D eigenvalue weighted by molar-refractivity contribution is 7.91. The Bertz CT molecular complexity index is 199. The van der Waals surface area contributed by atoms with E-state index in [9.17, 15) is 8.42 Å². The molecule has 0 saturated heterocycles. The second-order valence-corrected chi connectivity index (χ2v) is 5.66. The van der Waals surface area contributed by atoms with Crippen LogP contribution in [0.4, 0.5) is 0 Å². The van der Waals surface area contributed by atoms with Crippen LogP contribution in [0, 0.1) is 5.92 Å². The molecule has 0 aliphatic carbocycles. The van der Waals surface area contributed by atoms with Gasteiger partial charge in [0.2, 0.25) is 0 Å². The van der Waals surface area contributed by atoms with Gasteiger partial charge in [0.15, 0.2) is 0 Å². The van der Waals surface area contributed by atoms with Crippen molar-refractivity contribution in [1.29, 1.82) is 0 Å². The lowest BCUT2D eigenvalue weighted by molar-refractivity contribution is 0.520. The van der Waals surface area contributed by atoms with Gasteiger partial charge in [-0.2, -0.15) is 0 Å². The van der Waals surface area contributed by atoms with E-state index in [-0.39, 0.29) is 5.75 Å². The third-order valence-electron chi connectivity index (χ3n) is 1.91. The standard InChI is InChI=1S/C8H19NO2S/c1-4-12(10,11)6-5-8(2)7-9-3/h8-9H,4-7H2,1-3H3. The molecule has 4 heteroatoms. The molecule has 3 nitrogen and oxygen atoms in total. The molecule has 0 aromatic carbocycles. The van der Waals surface area contributed by atoms with Gasteiger partial charge in [-0.3, -0.25) is 0 Å². The predicted molar refractivity (Wildman–Crippen MR) is 52.0 cm³/mol. The third kappa shape index (κ3) is 5.55. The van der Waals surface area contributed by atoms with Crippen molar-refractivity contribution >= 4 is 9.84 Å². The van der Waals surface area contributed by atoms with Gasteiger partial charge in [-0.25, -0.2) is 8.42 Å². The fourth-order valence-electron chi connectivity index (χ4n) is 0.976. The molecule has 1 unspecified atom stereocenters. The Hall–Kier alpha value is -0.0900. The van der Waals surface area contributed by atoms with Crippen molar-refractivity contribution in [3.05, 3.63) is 0 Å². The van der Waals surface area contributed by atoms with Crippen LogP contribution in [0.15, 0.2) is 0 Å². The highest BCUT2D eigenvalue weighted by Crippen LogP contribution is 2.03. The number of hydrogen-bond acceptors (Lipinski definition) is 3. The minimum absolute atomic E-state index is 0.263. The van der Waals surface area contributed by atoms with Gasteiger partial charge in [-0.15, -0.1) is 0 Å². The van der Waals surface area contributed by atoms with Crippen LogP contribution in [0.5, 0.6) is 0 Å². The Morgan fingerprint density at radius 3 is 2.42 bits per heavy atom. The highest BCUT2D eigenvalue weighted by atomic mass is 32.2. The summed E-state index contributed by atoms with van der Waals surface area (Å²) in [6.45, 7) is 4.64. The summed E-state index contributed by atoms with van der Waals surface area (Å²) < 4.78 is 22.2. The summed E-state index contributed by atoms with van der Waals surface area (Å²) in [6, 6.07) is 0. The molecule has 0 heterocycles. The van der Waals surface area contributed by atoms with Crippen LogP contribution in [0.1, 0.15) is 20.3 Å². The first-order valence-corrected chi connectivity index (χ1v) is 6.19. The van der Waals surface area contributed by atoms with E-state index >= 15 is 0 Å². The van der Waals surface area contributed by atoms with E-state index in [1.165, 1.54) is 0 Å². The molecule has 12 heavy (non-hydrogen) atoms. The summed E-state index contributed by atoms with van der Waals surface area (Å²) in [7, 11) is -0.881. The molecule has 0 rings (SSSR count). The zero-order valence-electron chi connectivity index (χ0n) is 8.13. The first-order valence-electron chi connectivity index (χ1n) is 4.37. The highest BCUT2D eigenvalue weighted by Gasteiger charge is 2.09. The van der Waals surface area contributed by atoms with E-state index in [0.717, 1.165) is 13.0 Å². The number of rotatable bonds is 6. The third-order valence-corrected chi connectivity index (χ3v) is 3.65. The number of hydrogen-bond donors (Lipinski definition) is 1. The average Bonchev–Trinajstić information content (AvgIpc) is 2.02. The first kappa shape index (κ1) is 11.9. The molecule has 1 atom stereocenters. The zero-order chi connectivity index (χ0) is 9.61. The maximum Gasteiger partial charge on any atom is 0.150 e. The lowest BCUT2D eigenvalue weighted by Gasteiger charge is -2.09. The van der Waals surface area contributed by atoms with Crippen LogP contribution >= 0.6 is 0 Å². The van der Waals surface area contributed by atoms with Gasteiger partial charge in [-0.1, -0.05) is 13.8 Å². The lowest BCUT2D eigenvalue weighted by atomic mass is 10.1. The Morgan fingerprint density at radius 1 is 1.42 bits per heavy atom. The SMILES string of the molecule is CCS(=O)(=O)CCC(C)CNC. The van der Waals surface area contributed by atoms with E-state index in [1.54, 1.807) is 6.92 Å². The molecule has 1 N–H and O–H groups in total. The minimum Gasteiger partial charge on any atom is -0.319 e. The van der Waals surface area contributed by atoms with E-state index in [2.05, 4.69) is 12.2 Å². The maximum atomic E-state index is 11.1. The quantitative estimate of drug-likeness (QED) is 0.674. The molecule has 74 valence electrons. The van der Waals surface area contributed by atoms with E-state index in [1.807, 2.05) is 7.05 Å². The molecule has 0 aromatic heterocycles. The van der Waals surface area contributed by atoms with Crippen LogP contribution in [0.25, 0.3) is 0 Å². The molecular formula is C8H19NO2S. The first-order chi connectivity index (χ1) is 5.52. The van der Waals surface area contributed by atoms with E-state index < -0.39 is 9.84 Å². The van der Waals surface area contributed by atoms with Crippen LogP contribution in [0.2, 0.25) is 0 Å². The number of sulfone groups is 1. The molecule has 0 radical (unpaired) electrons. The van der Waals surface area contributed by atoms with Crippen molar-refractivity contribution in [2.24, 2.45) is 5.92 Å². The Kier molecular flexibility index (Phi) is 5.50. The van der Waals surface area contributed by atoms with E-state index in [4.69, 9.17) is 0 Å². The van der Waals surface area contributed by atoms with Gasteiger partial charge < -0.3 is 5.32 Å². The Labute approximate surface area is 75.5 Å². The van der Waals surface area contributed by atoms with Crippen molar-refractivity contribution < 1.29 is 8.42 Å². The molecule has 0 fully saturated rings. The van der Waals surface area contributed by atoms with Crippen LogP contribution < -0.4 is 5.32 Å². The molecule has 0 aromatic rings. The molecule has 0 saturated carbocycles. The van der Waals surface area contributed by atoms with Gasteiger partial charge in [0.25, 0.3) is 0 Å². The van der Waals surface area contributed by atoms with Gasteiger partial charge in [0.1, 0.15) is 9.84 Å². The van der Waals surface area contributed by atoms with Crippen LogP contribution in [-0.4, -0.2) is 33.5 Å². The van der Waals surface area contributed by atoms with Crippen molar-refractivity contribution in [1.82, 2.24) is 5.32 Å². The molecule has 0 aliphatic rings. The van der Waals surface area contributed by atoms with Gasteiger partial charge in [0.05, 0.1) is 5.75 Å². The van der Waals surface area contributed by atoms with Crippen LogP contribution in [0.3, 0.4) is 0 Å². The Morgan fingerprint density at radius 2 is 2.00 bits per heavy atom.